The number of methoxy groups -OCH3 is 1. The van der Waals surface area contributed by atoms with Crippen molar-refractivity contribution >= 4 is 29.9 Å². The number of fused-ring (bicyclic) bond motifs is 1. The zero-order valence-electron chi connectivity index (χ0n) is 18.6. The number of nitrogens with one attached hydrogen (secondary N) is 2. The van der Waals surface area contributed by atoms with Crippen LogP contribution >= 0.6 is 24.0 Å². The highest BCUT2D eigenvalue weighted by atomic mass is 127. The number of aryl methyl sites for hydroxylation is 3. The van der Waals surface area contributed by atoms with Gasteiger partial charge in [-0.25, -0.2) is 4.99 Å². The van der Waals surface area contributed by atoms with Crippen molar-refractivity contribution in [3.8, 4) is 11.5 Å². The second-order valence-corrected chi connectivity index (χ2v) is 7.53. The van der Waals surface area contributed by atoms with Gasteiger partial charge >= 0.3 is 0 Å². The number of rotatable bonds is 8. The summed E-state index contributed by atoms with van der Waals surface area (Å²) in [7, 11) is 1.70. The first-order valence-corrected chi connectivity index (χ1v) is 10.4. The minimum Gasteiger partial charge on any atom is -0.496 e. The highest BCUT2D eigenvalue weighted by Gasteiger charge is 2.21. The van der Waals surface area contributed by atoms with E-state index in [-0.39, 0.29) is 30.1 Å². The largest absolute Gasteiger partial charge is 0.496 e. The molecule has 0 amide bonds. The van der Waals surface area contributed by atoms with E-state index in [0.29, 0.717) is 6.54 Å². The van der Waals surface area contributed by atoms with Gasteiger partial charge in [0.05, 0.1) is 19.3 Å². The summed E-state index contributed by atoms with van der Waals surface area (Å²) >= 11 is 0. The molecular formula is C22H34IN5O2. The first-order chi connectivity index (χ1) is 14.0. The fourth-order valence-electron chi connectivity index (χ4n) is 3.64. The van der Waals surface area contributed by atoms with Crippen LogP contribution in [0.4, 0.5) is 0 Å². The molecule has 7 nitrogen and oxygen atoms in total. The number of guanidine groups is 1. The van der Waals surface area contributed by atoms with Crippen LogP contribution in [0.1, 0.15) is 42.8 Å². The predicted molar refractivity (Wildman–Crippen MR) is 131 cm³/mol. The summed E-state index contributed by atoms with van der Waals surface area (Å²) in [6, 6.07) is 6.25. The molecule has 0 saturated carbocycles. The van der Waals surface area contributed by atoms with Crippen LogP contribution in [-0.4, -0.2) is 42.0 Å². The molecule has 2 heterocycles. The second-order valence-electron chi connectivity index (χ2n) is 7.53. The molecule has 0 radical (unpaired) electrons. The van der Waals surface area contributed by atoms with E-state index in [4.69, 9.17) is 14.5 Å². The molecule has 30 heavy (non-hydrogen) atoms. The standard InChI is InChI=1S/C22H33N5O2.HI/c1-6-23-22(24-8-7-9-27-16(3)10-15(2)26-27)25-14-19-13-21-18(11-17(4)29-21)12-20(19)28-5;/h10,12-13,17H,6-9,11,14H2,1-5H3,(H2,23,24,25);1H. The molecule has 0 aliphatic carbocycles. The molecule has 0 saturated heterocycles. The summed E-state index contributed by atoms with van der Waals surface area (Å²) in [5.74, 6) is 2.62. The SMILES string of the molecule is CCNC(=NCc1cc2c(cc1OC)CC(C)O2)NCCCn1nc(C)cc1C.I. The molecule has 2 N–H and O–H groups in total. The van der Waals surface area contributed by atoms with E-state index in [1.807, 2.05) is 6.92 Å². The first-order valence-electron chi connectivity index (χ1n) is 10.4. The van der Waals surface area contributed by atoms with Crippen LogP contribution in [0.25, 0.3) is 0 Å². The van der Waals surface area contributed by atoms with Crippen molar-refractivity contribution in [2.24, 2.45) is 4.99 Å². The topological polar surface area (TPSA) is 72.7 Å². The number of hydrogen-bond acceptors (Lipinski definition) is 4. The lowest BCUT2D eigenvalue weighted by atomic mass is 10.1. The third kappa shape index (κ3) is 6.26. The minimum atomic E-state index is 0. The molecule has 2 aromatic rings. The Morgan fingerprint density at radius 2 is 2.10 bits per heavy atom. The molecule has 1 aliphatic rings. The molecular weight excluding hydrogens is 493 g/mol. The zero-order valence-corrected chi connectivity index (χ0v) is 20.9. The van der Waals surface area contributed by atoms with E-state index < -0.39 is 0 Å². The number of ether oxygens (including phenoxy) is 2. The minimum absolute atomic E-state index is 0. The lowest BCUT2D eigenvalue weighted by Gasteiger charge is -2.13. The van der Waals surface area contributed by atoms with Gasteiger partial charge in [-0.1, -0.05) is 0 Å². The predicted octanol–water partition coefficient (Wildman–Crippen LogP) is 3.60. The number of aromatic nitrogens is 2. The van der Waals surface area contributed by atoms with E-state index in [9.17, 15) is 0 Å². The number of halogens is 1. The van der Waals surface area contributed by atoms with Gasteiger partial charge in [0.2, 0.25) is 0 Å². The summed E-state index contributed by atoms with van der Waals surface area (Å²) in [5, 5.41) is 11.2. The van der Waals surface area contributed by atoms with Gasteiger partial charge in [-0.05, 0) is 52.3 Å². The Kier molecular flexibility index (Phi) is 9.26. The maximum atomic E-state index is 5.89. The Balaban J connectivity index is 0.00000320. The van der Waals surface area contributed by atoms with Crippen molar-refractivity contribution in [3.05, 3.63) is 40.7 Å². The molecule has 166 valence electrons. The number of benzene rings is 1. The van der Waals surface area contributed by atoms with Crippen LogP contribution in [0.5, 0.6) is 11.5 Å². The van der Waals surface area contributed by atoms with Crippen molar-refractivity contribution in [2.75, 3.05) is 20.2 Å². The Bertz CT molecular complexity index is 865. The first kappa shape index (κ1) is 24.3. The lowest BCUT2D eigenvalue weighted by Crippen LogP contribution is -2.38. The molecule has 1 aromatic heterocycles. The van der Waals surface area contributed by atoms with E-state index in [0.717, 1.165) is 61.2 Å². The second kappa shape index (κ2) is 11.4. The van der Waals surface area contributed by atoms with E-state index in [1.165, 1.54) is 11.3 Å². The molecule has 1 unspecified atom stereocenters. The monoisotopic (exact) mass is 527 g/mol. The number of nitrogens with zero attached hydrogens (tertiary/aromatic N) is 3. The normalized spacial score (nSPS) is 15.2. The average molecular weight is 527 g/mol. The van der Waals surface area contributed by atoms with Crippen LogP contribution < -0.4 is 20.1 Å². The Morgan fingerprint density at radius 1 is 1.30 bits per heavy atom. The molecule has 8 heteroatoms. The maximum absolute atomic E-state index is 5.89. The van der Waals surface area contributed by atoms with Gasteiger partial charge in [0.1, 0.15) is 17.6 Å². The van der Waals surface area contributed by atoms with Gasteiger partial charge in [0.15, 0.2) is 5.96 Å². The van der Waals surface area contributed by atoms with Crippen molar-refractivity contribution in [1.29, 1.82) is 0 Å². The molecule has 1 aliphatic heterocycles. The van der Waals surface area contributed by atoms with Crippen LogP contribution in [0, 0.1) is 13.8 Å². The van der Waals surface area contributed by atoms with Crippen molar-refractivity contribution in [3.63, 3.8) is 0 Å². The summed E-state index contributed by atoms with van der Waals surface area (Å²) in [4.78, 5) is 4.74. The Labute approximate surface area is 196 Å². The van der Waals surface area contributed by atoms with Gasteiger partial charge < -0.3 is 20.1 Å². The Hall–Kier alpha value is -1.97. The van der Waals surface area contributed by atoms with Crippen LogP contribution in [0.2, 0.25) is 0 Å². The average Bonchev–Trinajstić information content (AvgIpc) is 3.21. The van der Waals surface area contributed by atoms with Crippen LogP contribution in [0.15, 0.2) is 23.2 Å². The van der Waals surface area contributed by atoms with Crippen LogP contribution in [0.3, 0.4) is 0 Å². The highest BCUT2D eigenvalue weighted by Crippen LogP contribution is 2.35. The van der Waals surface area contributed by atoms with Crippen molar-refractivity contribution < 1.29 is 9.47 Å². The van der Waals surface area contributed by atoms with Gasteiger partial charge in [-0.3, -0.25) is 4.68 Å². The molecule has 3 rings (SSSR count). The van der Waals surface area contributed by atoms with E-state index in [2.05, 4.69) is 59.4 Å². The number of aliphatic imine (C=N–C) groups is 1. The zero-order chi connectivity index (χ0) is 20.8. The lowest BCUT2D eigenvalue weighted by molar-refractivity contribution is 0.254. The van der Waals surface area contributed by atoms with Crippen LogP contribution in [-0.2, 0) is 19.5 Å². The van der Waals surface area contributed by atoms with Crippen molar-refractivity contribution in [2.45, 2.75) is 59.7 Å². The fourth-order valence-corrected chi connectivity index (χ4v) is 3.64. The summed E-state index contributed by atoms with van der Waals surface area (Å²) < 4.78 is 13.5. The molecule has 0 bridgehead atoms. The van der Waals surface area contributed by atoms with Gasteiger partial charge in [0.25, 0.3) is 0 Å². The molecule has 0 fully saturated rings. The van der Waals surface area contributed by atoms with Gasteiger partial charge in [-0.15, -0.1) is 24.0 Å². The molecule has 1 aromatic carbocycles. The van der Waals surface area contributed by atoms with Gasteiger partial charge in [0, 0.05) is 42.9 Å². The van der Waals surface area contributed by atoms with E-state index >= 15 is 0 Å². The summed E-state index contributed by atoms with van der Waals surface area (Å²) in [6.45, 7) is 11.3. The summed E-state index contributed by atoms with van der Waals surface area (Å²) in [5.41, 5.74) is 4.49. The fraction of sp³-hybridized carbons (Fsp3) is 0.545. The summed E-state index contributed by atoms with van der Waals surface area (Å²) in [6.07, 6.45) is 2.12. The highest BCUT2D eigenvalue weighted by molar-refractivity contribution is 14.0. The van der Waals surface area contributed by atoms with Gasteiger partial charge in [-0.2, -0.15) is 5.10 Å². The molecule has 1 atom stereocenters. The smallest absolute Gasteiger partial charge is 0.191 e. The Morgan fingerprint density at radius 3 is 2.77 bits per heavy atom. The van der Waals surface area contributed by atoms with E-state index in [1.54, 1.807) is 7.11 Å². The number of hydrogen-bond donors (Lipinski definition) is 2. The maximum Gasteiger partial charge on any atom is 0.191 e. The quantitative estimate of drug-likeness (QED) is 0.238. The van der Waals surface area contributed by atoms with Crippen molar-refractivity contribution in [1.82, 2.24) is 20.4 Å². The third-order valence-electron chi connectivity index (χ3n) is 4.99. The molecule has 0 spiro atoms. The third-order valence-corrected chi connectivity index (χ3v) is 4.99.